The molecule has 286 valence electrons. The normalized spacial score (nSPS) is 18.7. The van der Waals surface area contributed by atoms with Crippen molar-refractivity contribution >= 4 is 22.9 Å². The summed E-state index contributed by atoms with van der Waals surface area (Å²) in [7, 11) is 0. The number of aliphatic hydroxyl groups excluding tert-OH is 1. The Labute approximate surface area is 319 Å². The van der Waals surface area contributed by atoms with Crippen molar-refractivity contribution in [1.82, 2.24) is 25.4 Å². The van der Waals surface area contributed by atoms with E-state index in [1.165, 1.54) is 12.1 Å². The number of nitrogens with one attached hydrogen (secondary N) is 3. The van der Waals surface area contributed by atoms with Crippen LogP contribution in [-0.4, -0.2) is 87.4 Å². The lowest BCUT2D eigenvalue weighted by molar-refractivity contribution is -0.000814. The van der Waals surface area contributed by atoms with Crippen molar-refractivity contribution in [1.29, 1.82) is 0 Å². The summed E-state index contributed by atoms with van der Waals surface area (Å²) in [6.45, 7) is 4.34. The number of piperidine rings is 3. The van der Waals surface area contributed by atoms with Crippen LogP contribution in [0.3, 0.4) is 0 Å². The predicted octanol–water partition coefficient (Wildman–Crippen LogP) is 5.42. The minimum absolute atomic E-state index is 0.0595. The molecule has 3 saturated heterocycles. The molecule has 55 heavy (non-hydrogen) atoms. The molecule has 1 unspecified atom stereocenters. The van der Waals surface area contributed by atoms with Crippen LogP contribution in [0.5, 0.6) is 11.5 Å². The molecule has 0 spiro atoms. The van der Waals surface area contributed by atoms with Gasteiger partial charge in [0, 0.05) is 36.7 Å². The zero-order valence-corrected chi connectivity index (χ0v) is 30.6. The highest BCUT2D eigenvalue weighted by Crippen LogP contribution is 2.39. The number of phenols is 1. The molecule has 3 aliphatic rings. The van der Waals surface area contributed by atoms with E-state index in [-0.39, 0.29) is 41.9 Å². The lowest BCUT2D eigenvalue weighted by Gasteiger charge is -2.50. The van der Waals surface area contributed by atoms with Crippen molar-refractivity contribution in [2.45, 2.75) is 44.1 Å². The van der Waals surface area contributed by atoms with E-state index < -0.39 is 18.2 Å². The molecule has 12 nitrogen and oxygen atoms in total. The van der Waals surface area contributed by atoms with E-state index >= 15 is 0 Å². The van der Waals surface area contributed by atoms with E-state index in [0.29, 0.717) is 47.7 Å². The second-order valence-electron chi connectivity index (χ2n) is 14.4. The number of amides is 2. The van der Waals surface area contributed by atoms with Crippen molar-refractivity contribution in [3.63, 3.8) is 0 Å². The number of carboxylic acid groups (broad SMARTS) is 1. The van der Waals surface area contributed by atoms with Gasteiger partial charge in [-0.25, -0.2) is 4.79 Å². The summed E-state index contributed by atoms with van der Waals surface area (Å²) in [6.07, 6.45) is 0.886. The number of aliphatic hydroxyl groups is 1. The smallest absolute Gasteiger partial charge is 0.408 e. The molecular weight excluding hydrogens is 699 g/mol. The highest BCUT2D eigenvalue weighted by Gasteiger charge is 2.43. The van der Waals surface area contributed by atoms with E-state index in [0.717, 1.165) is 49.2 Å². The van der Waals surface area contributed by atoms with Crippen molar-refractivity contribution in [3.05, 3.63) is 141 Å². The lowest BCUT2D eigenvalue weighted by Crippen LogP contribution is -2.59. The molecule has 2 bridgehead atoms. The fourth-order valence-electron chi connectivity index (χ4n) is 7.95. The van der Waals surface area contributed by atoms with Crippen LogP contribution < -0.4 is 20.9 Å². The predicted molar refractivity (Wildman–Crippen MR) is 209 cm³/mol. The van der Waals surface area contributed by atoms with E-state index in [1.807, 2.05) is 66.7 Å². The number of nitrogens with zero attached hydrogens (tertiary/aromatic N) is 2. The van der Waals surface area contributed by atoms with Gasteiger partial charge in [-0.15, -0.1) is 0 Å². The monoisotopic (exact) mass is 745 g/mol. The van der Waals surface area contributed by atoms with Crippen LogP contribution in [0.4, 0.5) is 4.79 Å². The Morgan fingerprint density at radius 1 is 0.909 bits per heavy atom. The third kappa shape index (κ3) is 8.83. The summed E-state index contributed by atoms with van der Waals surface area (Å²) in [5.74, 6) is 0.724. The van der Waals surface area contributed by atoms with Gasteiger partial charge in [0.05, 0.1) is 23.7 Å². The van der Waals surface area contributed by atoms with Gasteiger partial charge in [0.1, 0.15) is 18.1 Å². The van der Waals surface area contributed by atoms with Crippen LogP contribution in [0.15, 0.2) is 108 Å². The maximum absolute atomic E-state index is 13.0. The Balaban J connectivity index is 0.904. The number of phenolic OH excluding ortho intramolecular Hbond substituents is 1. The molecule has 2 amide bonds. The van der Waals surface area contributed by atoms with Gasteiger partial charge in [-0.3, -0.25) is 14.5 Å². The molecular formula is C43H47N5O7. The number of H-pyrrole nitrogens is 1. The highest BCUT2D eigenvalue weighted by atomic mass is 16.5. The van der Waals surface area contributed by atoms with E-state index in [4.69, 9.17) is 4.74 Å². The van der Waals surface area contributed by atoms with Crippen LogP contribution in [0.25, 0.3) is 10.9 Å². The van der Waals surface area contributed by atoms with Gasteiger partial charge in [-0.2, -0.15) is 0 Å². The first-order valence-corrected chi connectivity index (χ1v) is 18.9. The Morgan fingerprint density at radius 3 is 2.40 bits per heavy atom. The van der Waals surface area contributed by atoms with Gasteiger partial charge in [-0.05, 0) is 103 Å². The molecule has 0 aliphatic carbocycles. The maximum atomic E-state index is 13.0. The van der Waals surface area contributed by atoms with Gasteiger partial charge < -0.3 is 40.6 Å². The molecule has 12 heteroatoms. The lowest BCUT2D eigenvalue weighted by atomic mass is 9.81. The second kappa shape index (κ2) is 17.2. The highest BCUT2D eigenvalue weighted by molar-refractivity contribution is 5.94. The number of fused-ring (bicyclic) bond motifs is 4. The van der Waals surface area contributed by atoms with Crippen LogP contribution in [0, 0.1) is 5.92 Å². The van der Waals surface area contributed by atoms with Crippen LogP contribution in [0.2, 0.25) is 0 Å². The zero-order chi connectivity index (χ0) is 38.3. The average Bonchev–Trinajstić information content (AvgIpc) is 3.21. The Kier molecular flexibility index (Phi) is 11.8. The van der Waals surface area contributed by atoms with Gasteiger partial charge in [-0.1, -0.05) is 60.7 Å². The van der Waals surface area contributed by atoms with E-state index in [2.05, 4.69) is 20.5 Å². The number of hydrogen-bond donors (Lipinski definition) is 6. The quantitative estimate of drug-likeness (QED) is 0.0768. The van der Waals surface area contributed by atoms with Gasteiger partial charge >= 0.3 is 6.09 Å². The molecule has 4 aromatic carbocycles. The molecule has 0 saturated carbocycles. The van der Waals surface area contributed by atoms with Gasteiger partial charge in [0.15, 0.2) is 0 Å². The van der Waals surface area contributed by atoms with Crippen molar-refractivity contribution < 1.29 is 29.6 Å². The first-order chi connectivity index (χ1) is 26.7. The maximum Gasteiger partial charge on any atom is 0.408 e. The first kappa shape index (κ1) is 37.6. The van der Waals surface area contributed by atoms with Crippen molar-refractivity contribution in [2.24, 2.45) is 5.92 Å². The minimum Gasteiger partial charge on any atom is -0.506 e. The summed E-state index contributed by atoms with van der Waals surface area (Å²) in [6, 6.07) is 30.2. The number of aromatic nitrogens is 1. The number of carbonyl (C=O) groups is 2. The fourth-order valence-corrected chi connectivity index (χ4v) is 7.95. The number of pyridine rings is 1. The molecule has 8 rings (SSSR count). The van der Waals surface area contributed by atoms with E-state index in [1.54, 1.807) is 29.2 Å². The van der Waals surface area contributed by atoms with Gasteiger partial charge in [0.25, 0.3) is 5.91 Å². The third-order valence-corrected chi connectivity index (χ3v) is 10.8. The van der Waals surface area contributed by atoms with Crippen molar-refractivity contribution in [3.8, 4) is 11.5 Å². The summed E-state index contributed by atoms with van der Waals surface area (Å²) in [5, 5.41) is 38.1. The van der Waals surface area contributed by atoms with Crippen LogP contribution >= 0.6 is 0 Å². The number of hydrogen-bond acceptors (Lipinski definition) is 8. The summed E-state index contributed by atoms with van der Waals surface area (Å²) < 4.78 is 6.21. The minimum atomic E-state index is -0.920. The van der Waals surface area contributed by atoms with Crippen molar-refractivity contribution in [2.75, 3.05) is 39.3 Å². The summed E-state index contributed by atoms with van der Waals surface area (Å²) in [4.78, 5) is 44.1. The topological polar surface area (TPSA) is 167 Å². The molecule has 5 aromatic rings. The van der Waals surface area contributed by atoms with Crippen LogP contribution in [-0.2, 0) is 6.61 Å². The number of aromatic amines is 1. The number of benzene rings is 4. The summed E-state index contributed by atoms with van der Waals surface area (Å²) >= 11 is 0. The third-order valence-electron chi connectivity index (χ3n) is 10.8. The Hall–Kier alpha value is -5.69. The molecule has 3 aliphatic heterocycles. The standard InChI is InChI=1S/C43H47N5O7/c49-37-16-14-34(35-15-17-39(51)46-40(35)37)38(50)25-44-20-5-21-45-42(52)31-12-10-28(11-13-31)27-55-33-9-4-8-32(24-33)41(30-6-2-1-3-7-30)48(43(53)54)36-26-47-22-18-29(36)19-23-47/h1-4,6-17,24,29,36,38,41,44,49-50H,5,18-23,25-27H2,(H,45,52)(H,46,51)(H,53,54)/t36-,38+,41?/m0/s1. The average molecular weight is 746 g/mol. The van der Waals surface area contributed by atoms with Gasteiger partial charge in [0.2, 0.25) is 5.56 Å². The summed E-state index contributed by atoms with van der Waals surface area (Å²) in [5.41, 5.74) is 3.72. The molecule has 3 fully saturated rings. The molecule has 6 N–H and O–H groups in total. The zero-order valence-electron chi connectivity index (χ0n) is 30.6. The molecule has 3 atom stereocenters. The Bertz CT molecular complexity index is 2150. The second-order valence-corrected chi connectivity index (χ2v) is 14.4. The largest absolute Gasteiger partial charge is 0.506 e. The Morgan fingerprint density at radius 2 is 1.67 bits per heavy atom. The number of rotatable bonds is 15. The molecule has 0 radical (unpaired) electrons. The molecule has 1 aromatic heterocycles. The molecule has 4 heterocycles. The number of aromatic hydroxyl groups is 1. The fraction of sp³-hybridized carbons (Fsp3) is 0.326. The van der Waals surface area contributed by atoms with Crippen LogP contribution in [0.1, 0.15) is 64.0 Å². The first-order valence-electron chi connectivity index (χ1n) is 18.9. The van der Waals surface area contributed by atoms with E-state index in [9.17, 15) is 29.7 Å². The number of carbonyl (C=O) groups excluding carboxylic acids is 1. The number of ether oxygens (including phenoxy) is 1. The SMILES string of the molecule is O=C(NCCCNC[C@@H](O)c1ccc(O)c2[nH]c(=O)ccc12)c1ccc(COc2cccc(C(c3ccccc3)N(C(=O)O)[C@H]3CN4CCC3CC4)c2)cc1.